The largest absolute Gasteiger partial charge is 0.462 e. The van der Waals surface area contributed by atoms with Crippen LogP contribution in [0.25, 0.3) is 0 Å². The molecule has 1 spiro atoms. The zero-order valence-electron chi connectivity index (χ0n) is 16.8. The molecule has 1 aliphatic carbocycles. The third-order valence-electron chi connectivity index (χ3n) is 6.58. The lowest BCUT2D eigenvalue weighted by Crippen LogP contribution is -2.47. The monoisotopic (exact) mass is 385 g/mol. The second-order valence-electron chi connectivity index (χ2n) is 8.53. The molecule has 1 N–H and O–H groups in total. The highest BCUT2D eigenvalue weighted by Crippen LogP contribution is 2.48. The van der Waals surface area contributed by atoms with E-state index in [1.54, 1.807) is 6.92 Å². The van der Waals surface area contributed by atoms with Gasteiger partial charge in [-0.3, -0.25) is 14.5 Å². The standard InChI is InChI=1S/C22H31N3O3/c1-17(26)23-19-6-2-3-7-20(19)25-14-12-24(13-15-25)11-8-18-16-22(21(27)28-18)9-4-5-10-22/h2-3,6-7,18H,4-5,8-16H2,1H3,(H,23,26)/t18-/m0/s1. The van der Waals surface area contributed by atoms with Crippen LogP contribution in [0.2, 0.25) is 0 Å². The van der Waals surface area contributed by atoms with E-state index in [9.17, 15) is 9.59 Å². The molecule has 1 amide bonds. The van der Waals surface area contributed by atoms with Crippen molar-refractivity contribution >= 4 is 23.3 Å². The van der Waals surface area contributed by atoms with Gasteiger partial charge < -0.3 is 15.0 Å². The molecule has 28 heavy (non-hydrogen) atoms. The first-order valence-electron chi connectivity index (χ1n) is 10.6. The van der Waals surface area contributed by atoms with E-state index in [2.05, 4.69) is 21.2 Å². The zero-order valence-corrected chi connectivity index (χ0v) is 16.8. The molecule has 0 radical (unpaired) electrons. The minimum atomic E-state index is -0.142. The molecule has 0 unspecified atom stereocenters. The molecule has 2 heterocycles. The van der Waals surface area contributed by atoms with E-state index in [0.29, 0.717) is 0 Å². The number of hydrogen-bond acceptors (Lipinski definition) is 5. The van der Waals surface area contributed by atoms with Gasteiger partial charge >= 0.3 is 5.97 Å². The smallest absolute Gasteiger partial charge is 0.312 e. The van der Waals surface area contributed by atoms with Crippen molar-refractivity contribution in [3.63, 3.8) is 0 Å². The Morgan fingerprint density at radius 2 is 1.89 bits per heavy atom. The first kappa shape index (κ1) is 19.2. The van der Waals surface area contributed by atoms with Crippen molar-refractivity contribution in [3.8, 4) is 0 Å². The molecule has 3 aliphatic rings. The lowest BCUT2D eigenvalue weighted by Gasteiger charge is -2.37. The van der Waals surface area contributed by atoms with Crippen LogP contribution in [-0.2, 0) is 14.3 Å². The number of benzene rings is 1. The number of nitrogens with one attached hydrogen (secondary N) is 1. The summed E-state index contributed by atoms with van der Waals surface area (Å²) >= 11 is 0. The van der Waals surface area contributed by atoms with Crippen LogP contribution in [0.1, 0.15) is 45.4 Å². The third-order valence-corrected chi connectivity index (χ3v) is 6.58. The van der Waals surface area contributed by atoms with Gasteiger partial charge in [0.2, 0.25) is 5.91 Å². The minimum Gasteiger partial charge on any atom is -0.462 e. The first-order valence-corrected chi connectivity index (χ1v) is 10.6. The lowest BCUT2D eigenvalue weighted by molar-refractivity contribution is -0.148. The molecule has 3 fully saturated rings. The molecule has 2 aliphatic heterocycles. The number of carbonyl (C=O) groups is 2. The maximum atomic E-state index is 12.3. The average Bonchev–Trinajstić information content (AvgIpc) is 3.28. The number of amides is 1. The second kappa shape index (κ2) is 8.11. The number of hydrogen-bond donors (Lipinski definition) is 1. The van der Waals surface area contributed by atoms with Gasteiger partial charge in [-0.15, -0.1) is 0 Å². The van der Waals surface area contributed by atoms with E-state index in [0.717, 1.165) is 69.8 Å². The van der Waals surface area contributed by atoms with Crippen molar-refractivity contribution in [2.75, 3.05) is 42.9 Å². The summed E-state index contributed by atoms with van der Waals surface area (Å²) in [7, 11) is 0. The molecule has 152 valence electrons. The third kappa shape index (κ3) is 4.02. The number of cyclic esters (lactones) is 1. The number of rotatable bonds is 5. The van der Waals surface area contributed by atoms with Crippen LogP contribution >= 0.6 is 0 Å². The highest BCUT2D eigenvalue weighted by molar-refractivity contribution is 5.92. The zero-order chi connectivity index (χ0) is 19.6. The van der Waals surface area contributed by atoms with Crippen molar-refractivity contribution in [1.29, 1.82) is 0 Å². The quantitative estimate of drug-likeness (QED) is 0.790. The van der Waals surface area contributed by atoms with Crippen LogP contribution < -0.4 is 10.2 Å². The molecule has 1 aromatic rings. The van der Waals surface area contributed by atoms with Gasteiger partial charge in [-0.2, -0.15) is 0 Å². The minimum absolute atomic E-state index is 0.0442. The van der Waals surface area contributed by atoms with Crippen molar-refractivity contribution in [2.24, 2.45) is 5.41 Å². The van der Waals surface area contributed by atoms with Gasteiger partial charge in [0.1, 0.15) is 6.10 Å². The second-order valence-corrected chi connectivity index (χ2v) is 8.53. The van der Waals surface area contributed by atoms with E-state index in [1.807, 2.05) is 18.2 Å². The fourth-order valence-electron chi connectivity index (χ4n) is 5.04. The predicted molar refractivity (Wildman–Crippen MR) is 109 cm³/mol. The van der Waals surface area contributed by atoms with Gasteiger partial charge in [-0.25, -0.2) is 0 Å². The summed E-state index contributed by atoms with van der Waals surface area (Å²) in [4.78, 5) is 28.6. The van der Waals surface area contributed by atoms with Crippen LogP contribution in [0.15, 0.2) is 24.3 Å². The molecule has 1 saturated carbocycles. The van der Waals surface area contributed by atoms with E-state index >= 15 is 0 Å². The highest BCUT2D eigenvalue weighted by Gasteiger charge is 2.50. The number of esters is 1. The number of carbonyl (C=O) groups excluding carboxylic acids is 2. The van der Waals surface area contributed by atoms with Crippen molar-refractivity contribution in [2.45, 2.75) is 51.6 Å². The summed E-state index contributed by atoms with van der Waals surface area (Å²) in [6.07, 6.45) is 6.35. The Morgan fingerprint density at radius 3 is 2.61 bits per heavy atom. The fourth-order valence-corrected chi connectivity index (χ4v) is 5.04. The van der Waals surface area contributed by atoms with Crippen molar-refractivity contribution in [1.82, 2.24) is 4.90 Å². The average molecular weight is 386 g/mol. The Morgan fingerprint density at radius 1 is 1.18 bits per heavy atom. The van der Waals surface area contributed by atoms with Crippen molar-refractivity contribution in [3.05, 3.63) is 24.3 Å². The molecule has 6 nitrogen and oxygen atoms in total. The van der Waals surface area contributed by atoms with Gasteiger partial charge in [-0.05, 0) is 31.4 Å². The molecule has 1 atom stereocenters. The summed E-state index contributed by atoms with van der Waals surface area (Å²) in [5.41, 5.74) is 1.82. The molecule has 4 rings (SSSR count). The molecule has 0 bridgehead atoms. The van der Waals surface area contributed by atoms with Crippen molar-refractivity contribution < 1.29 is 14.3 Å². The molecular weight excluding hydrogens is 354 g/mol. The van der Waals surface area contributed by atoms with Crippen LogP contribution in [-0.4, -0.2) is 55.6 Å². The molecular formula is C22H31N3O3. The van der Waals surface area contributed by atoms with E-state index < -0.39 is 0 Å². The summed E-state index contributed by atoms with van der Waals surface area (Å²) in [5, 5.41) is 2.93. The highest BCUT2D eigenvalue weighted by atomic mass is 16.6. The fraction of sp³-hybridized carbons (Fsp3) is 0.636. The summed E-state index contributed by atoms with van der Waals surface area (Å²) in [5.74, 6) is 0.0200. The Hall–Kier alpha value is -2.08. The maximum absolute atomic E-state index is 12.3. The van der Waals surface area contributed by atoms with Crippen LogP contribution in [0, 0.1) is 5.41 Å². The molecule has 1 aromatic carbocycles. The molecule has 6 heteroatoms. The Labute approximate surface area is 167 Å². The molecule has 0 aromatic heterocycles. The number of piperazine rings is 1. The van der Waals surface area contributed by atoms with Crippen LogP contribution in [0.5, 0.6) is 0 Å². The Bertz CT molecular complexity index is 721. The topological polar surface area (TPSA) is 61.9 Å². The first-order chi connectivity index (χ1) is 13.6. The number of nitrogens with zero attached hydrogens (tertiary/aromatic N) is 2. The van der Waals surface area contributed by atoms with E-state index in [-0.39, 0.29) is 23.4 Å². The van der Waals surface area contributed by atoms with Gasteiger partial charge in [0.05, 0.1) is 16.8 Å². The lowest BCUT2D eigenvalue weighted by atomic mass is 9.83. The maximum Gasteiger partial charge on any atom is 0.312 e. The van der Waals surface area contributed by atoms with Gasteiger partial charge in [0, 0.05) is 46.1 Å². The summed E-state index contributed by atoms with van der Waals surface area (Å²) in [6, 6.07) is 7.99. The summed E-state index contributed by atoms with van der Waals surface area (Å²) in [6.45, 7) is 6.37. The Balaban J connectivity index is 1.26. The number of para-hydroxylation sites is 2. The Kier molecular flexibility index (Phi) is 5.58. The summed E-state index contributed by atoms with van der Waals surface area (Å²) < 4.78 is 5.72. The van der Waals surface area contributed by atoms with E-state index in [1.165, 1.54) is 12.8 Å². The van der Waals surface area contributed by atoms with Crippen LogP contribution in [0.4, 0.5) is 11.4 Å². The number of anilines is 2. The van der Waals surface area contributed by atoms with Gasteiger partial charge in [-0.1, -0.05) is 25.0 Å². The number of ether oxygens (including phenoxy) is 1. The van der Waals surface area contributed by atoms with E-state index in [4.69, 9.17) is 4.74 Å². The van der Waals surface area contributed by atoms with Gasteiger partial charge in [0.15, 0.2) is 0 Å². The van der Waals surface area contributed by atoms with Gasteiger partial charge in [0.25, 0.3) is 0 Å². The SMILES string of the molecule is CC(=O)Nc1ccccc1N1CCN(CC[C@H]2CC3(CCCC3)C(=O)O2)CC1. The normalized spacial score (nSPS) is 24.5. The molecule has 2 saturated heterocycles. The predicted octanol–water partition coefficient (Wildman–Crippen LogP) is 3.03. The van der Waals surface area contributed by atoms with Crippen LogP contribution in [0.3, 0.4) is 0 Å².